The van der Waals surface area contributed by atoms with E-state index in [9.17, 15) is 0 Å². The lowest BCUT2D eigenvalue weighted by atomic mass is 10.0. The van der Waals surface area contributed by atoms with Crippen LogP contribution in [0.2, 0.25) is 0 Å². The fourth-order valence-corrected chi connectivity index (χ4v) is 1.57. The molecule has 1 atom stereocenters. The number of alkyl halides is 1. The third-order valence-electron chi connectivity index (χ3n) is 2.32. The van der Waals surface area contributed by atoms with E-state index in [0.717, 1.165) is 0 Å². The van der Waals surface area contributed by atoms with Gasteiger partial charge in [0.15, 0.2) is 0 Å². The van der Waals surface area contributed by atoms with E-state index in [0.29, 0.717) is 11.8 Å². The SMILES string of the molecule is CCCc1ccc(C(C)CCl)cc1. The van der Waals surface area contributed by atoms with Crippen molar-refractivity contribution in [2.24, 2.45) is 0 Å². The number of rotatable bonds is 4. The summed E-state index contributed by atoms with van der Waals surface area (Å²) in [4.78, 5) is 0. The van der Waals surface area contributed by atoms with Crippen LogP contribution in [0, 0.1) is 0 Å². The molecular weight excluding hydrogens is 180 g/mol. The van der Waals surface area contributed by atoms with E-state index >= 15 is 0 Å². The van der Waals surface area contributed by atoms with Crippen molar-refractivity contribution in [3.8, 4) is 0 Å². The van der Waals surface area contributed by atoms with Crippen molar-refractivity contribution >= 4 is 11.6 Å². The second-order valence-corrected chi connectivity index (χ2v) is 3.86. The molecule has 0 saturated carbocycles. The molecule has 1 rings (SSSR count). The van der Waals surface area contributed by atoms with Crippen molar-refractivity contribution in [3.05, 3.63) is 35.4 Å². The molecule has 0 bridgehead atoms. The Hall–Kier alpha value is -0.490. The fourth-order valence-electron chi connectivity index (χ4n) is 1.39. The van der Waals surface area contributed by atoms with Crippen molar-refractivity contribution in [1.29, 1.82) is 0 Å². The Labute approximate surface area is 85.9 Å². The minimum atomic E-state index is 0.470. The van der Waals surface area contributed by atoms with E-state index in [1.807, 2.05) is 0 Å². The molecule has 0 nitrogen and oxygen atoms in total. The predicted molar refractivity (Wildman–Crippen MR) is 59.6 cm³/mol. The van der Waals surface area contributed by atoms with Crippen LogP contribution in [-0.4, -0.2) is 5.88 Å². The number of hydrogen-bond acceptors (Lipinski definition) is 0. The minimum absolute atomic E-state index is 0.470. The highest BCUT2D eigenvalue weighted by atomic mass is 35.5. The summed E-state index contributed by atoms with van der Waals surface area (Å²) in [6, 6.07) is 8.81. The molecule has 1 aromatic carbocycles. The van der Waals surface area contributed by atoms with E-state index in [-0.39, 0.29) is 0 Å². The molecule has 0 aromatic heterocycles. The van der Waals surface area contributed by atoms with Gasteiger partial charge in [-0.25, -0.2) is 0 Å². The van der Waals surface area contributed by atoms with Crippen molar-refractivity contribution in [2.75, 3.05) is 5.88 Å². The second-order valence-electron chi connectivity index (χ2n) is 3.55. The minimum Gasteiger partial charge on any atom is -0.126 e. The van der Waals surface area contributed by atoms with Crippen LogP contribution in [0.1, 0.15) is 37.3 Å². The molecule has 0 radical (unpaired) electrons. The van der Waals surface area contributed by atoms with E-state index in [1.54, 1.807) is 0 Å². The number of hydrogen-bond donors (Lipinski definition) is 0. The van der Waals surface area contributed by atoms with Gasteiger partial charge in [-0.15, -0.1) is 11.6 Å². The molecule has 0 fully saturated rings. The Bertz CT molecular complexity index is 238. The van der Waals surface area contributed by atoms with E-state index < -0.39 is 0 Å². The normalized spacial score (nSPS) is 12.8. The molecule has 0 aliphatic carbocycles. The highest BCUT2D eigenvalue weighted by Crippen LogP contribution is 2.17. The summed E-state index contributed by atoms with van der Waals surface area (Å²) in [5.41, 5.74) is 2.77. The van der Waals surface area contributed by atoms with Gasteiger partial charge in [-0.1, -0.05) is 44.5 Å². The Morgan fingerprint density at radius 1 is 1.23 bits per heavy atom. The van der Waals surface area contributed by atoms with Crippen LogP contribution in [0.25, 0.3) is 0 Å². The third kappa shape index (κ3) is 3.04. The maximum Gasteiger partial charge on any atom is 0.0289 e. The molecule has 0 spiro atoms. The summed E-state index contributed by atoms with van der Waals surface area (Å²) >= 11 is 5.79. The quantitative estimate of drug-likeness (QED) is 0.639. The maximum absolute atomic E-state index is 5.79. The molecule has 0 heterocycles. The first-order chi connectivity index (χ1) is 6.27. The molecule has 72 valence electrons. The van der Waals surface area contributed by atoms with Crippen LogP contribution in [0.15, 0.2) is 24.3 Å². The molecule has 0 saturated heterocycles. The smallest absolute Gasteiger partial charge is 0.0289 e. The first-order valence-corrected chi connectivity index (χ1v) is 5.46. The van der Waals surface area contributed by atoms with Gasteiger partial charge in [0, 0.05) is 5.88 Å². The molecule has 13 heavy (non-hydrogen) atoms. The Morgan fingerprint density at radius 2 is 1.85 bits per heavy atom. The van der Waals surface area contributed by atoms with Gasteiger partial charge in [0.05, 0.1) is 0 Å². The number of aryl methyl sites for hydroxylation is 1. The molecule has 1 heteroatoms. The number of benzene rings is 1. The monoisotopic (exact) mass is 196 g/mol. The van der Waals surface area contributed by atoms with Crippen LogP contribution < -0.4 is 0 Å². The van der Waals surface area contributed by atoms with E-state index in [4.69, 9.17) is 11.6 Å². The van der Waals surface area contributed by atoms with Crippen LogP contribution in [0.4, 0.5) is 0 Å². The molecule has 0 aliphatic heterocycles. The molecule has 1 unspecified atom stereocenters. The van der Waals surface area contributed by atoms with Gasteiger partial charge in [-0.2, -0.15) is 0 Å². The van der Waals surface area contributed by atoms with Gasteiger partial charge in [0.1, 0.15) is 0 Å². The lowest BCUT2D eigenvalue weighted by Gasteiger charge is -2.08. The standard InChI is InChI=1S/C12H17Cl/c1-3-4-11-5-7-12(8-6-11)10(2)9-13/h5-8,10H,3-4,9H2,1-2H3. The fraction of sp³-hybridized carbons (Fsp3) is 0.500. The summed E-state index contributed by atoms with van der Waals surface area (Å²) in [7, 11) is 0. The molecule has 1 aromatic rings. The second kappa shape index (κ2) is 5.29. The summed E-state index contributed by atoms with van der Waals surface area (Å²) < 4.78 is 0. The summed E-state index contributed by atoms with van der Waals surface area (Å²) in [5, 5.41) is 0. The van der Waals surface area contributed by atoms with Crippen molar-refractivity contribution in [1.82, 2.24) is 0 Å². The van der Waals surface area contributed by atoms with E-state index in [1.165, 1.54) is 24.0 Å². The lowest BCUT2D eigenvalue weighted by molar-refractivity contribution is 0.868. The van der Waals surface area contributed by atoms with E-state index in [2.05, 4.69) is 38.1 Å². The van der Waals surface area contributed by atoms with Crippen molar-refractivity contribution in [2.45, 2.75) is 32.6 Å². The predicted octanol–water partition coefficient (Wildman–Crippen LogP) is 3.98. The van der Waals surface area contributed by atoms with Gasteiger partial charge in [-0.05, 0) is 23.5 Å². The van der Waals surface area contributed by atoms with Gasteiger partial charge >= 0.3 is 0 Å². The van der Waals surface area contributed by atoms with Gasteiger partial charge in [-0.3, -0.25) is 0 Å². The zero-order chi connectivity index (χ0) is 9.68. The highest BCUT2D eigenvalue weighted by molar-refractivity contribution is 6.18. The van der Waals surface area contributed by atoms with Crippen LogP contribution in [0.5, 0.6) is 0 Å². The maximum atomic E-state index is 5.79. The van der Waals surface area contributed by atoms with Crippen molar-refractivity contribution in [3.63, 3.8) is 0 Å². The zero-order valence-corrected chi connectivity index (χ0v) is 9.14. The summed E-state index contributed by atoms with van der Waals surface area (Å²) in [6.07, 6.45) is 2.39. The van der Waals surface area contributed by atoms with Crippen LogP contribution in [0.3, 0.4) is 0 Å². The zero-order valence-electron chi connectivity index (χ0n) is 8.39. The Morgan fingerprint density at radius 3 is 2.31 bits per heavy atom. The van der Waals surface area contributed by atoms with Crippen LogP contribution >= 0.6 is 11.6 Å². The topological polar surface area (TPSA) is 0 Å². The Kier molecular flexibility index (Phi) is 4.31. The average molecular weight is 197 g/mol. The summed E-state index contributed by atoms with van der Waals surface area (Å²) in [5.74, 6) is 1.17. The average Bonchev–Trinajstić information content (AvgIpc) is 2.18. The molecule has 0 N–H and O–H groups in total. The first kappa shape index (κ1) is 10.6. The summed E-state index contributed by atoms with van der Waals surface area (Å²) in [6.45, 7) is 4.36. The lowest BCUT2D eigenvalue weighted by Crippen LogP contribution is -1.94. The number of halogens is 1. The van der Waals surface area contributed by atoms with Gasteiger partial charge in [0.2, 0.25) is 0 Å². The Balaban J connectivity index is 2.69. The first-order valence-electron chi connectivity index (χ1n) is 4.92. The third-order valence-corrected chi connectivity index (χ3v) is 2.78. The molecular formula is C12H17Cl. The van der Waals surface area contributed by atoms with Gasteiger partial charge in [0.25, 0.3) is 0 Å². The highest BCUT2D eigenvalue weighted by Gasteiger charge is 2.02. The molecule has 0 aliphatic rings. The van der Waals surface area contributed by atoms with Gasteiger partial charge < -0.3 is 0 Å². The van der Waals surface area contributed by atoms with Crippen molar-refractivity contribution < 1.29 is 0 Å². The van der Waals surface area contributed by atoms with Crippen LogP contribution in [-0.2, 0) is 6.42 Å². The largest absolute Gasteiger partial charge is 0.126 e. The molecule has 0 amide bonds.